The fraction of sp³-hybridized carbons (Fsp3) is 0.308. The minimum absolute atomic E-state index is 0.193. The Morgan fingerprint density at radius 3 is 2.83 bits per heavy atom. The van der Waals surface area contributed by atoms with E-state index >= 15 is 0 Å². The number of nitrogens with zero attached hydrogens (tertiary/aromatic N) is 2. The van der Waals surface area contributed by atoms with E-state index in [9.17, 15) is 9.59 Å². The normalized spacial score (nSPS) is 9.78. The van der Waals surface area contributed by atoms with Gasteiger partial charge < -0.3 is 10.0 Å². The number of carbonyl (C=O) groups is 2. The summed E-state index contributed by atoms with van der Waals surface area (Å²) in [5, 5.41) is 8.71. The zero-order valence-corrected chi connectivity index (χ0v) is 10.1. The van der Waals surface area contributed by atoms with E-state index < -0.39 is 5.97 Å². The molecule has 0 spiro atoms. The van der Waals surface area contributed by atoms with Gasteiger partial charge in [-0.15, -0.1) is 6.58 Å². The van der Waals surface area contributed by atoms with Gasteiger partial charge in [-0.3, -0.25) is 14.6 Å². The Morgan fingerprint density at radius 1 is 1.50 bits per heavy atom. The molecule has 0 fully saturated rings. The molecule has 5 nitrogen and oxygen atoms in total. The number of aliphatic carboxylic acids is 1. The summed E-state index contributed by atoms with van der Waals surface area (Å²) < 4.78 is 0. The average Bonchev–Trinajstić information content (AvgIpc) is 2.36. The Kier molecular flexibility index (Phi) is 5.57. The maximum atomic E-state index is 11.8. The maximum absolute atomic E-state index is 11.8. The fourth-order valence-corrected chi connectivity index (χ4v) is 1.53. The van der Waals surface area contributed by atoms with E-state index in [-0.39, 0.29) is 25.4 Å². The molecule has 1 amide bonds. The summed E-state index contributed by atoms with van der Waals surface area (Å²) in [5.74, 6) is -1.22. The molecule has 5 heteroatoms. The third-order valence-electron chi connectivity index (χ3n) is 2.38. The van der Waals surface area contributed by atoms with Crippen molar-refractivity contribution >= 4 is 11.9 Å². The fourth-order valence-electron chi connectivity index (χ4n) is 1.53. The molecule has 96 valence electrons. The van der Waals surface area contributed by atoms with Crippen LogP contribution in [-0.2, 0) is 16.0 Å². The Labute approximate surface area is 106 Å². The number of aromatic nitrogens is 1. The number of hydrogen-bond donors (Lipinski definition) is 1. The summed E-state index contributed by atoms with van der Waals surface area (Å²) >= 11 is 0. The van der Waals surface area contributed by atoms with Gasteiger partial charge in [0.25, 0.3) is 0 Å². The summed E-state index contributed by atoms with van der Waals surface area (Å²) in [5.41, 5.74) is 0.958. The molecule has 1 aromatic heterocycles. The first-order valence-electron chi connectivity index (χ1n) is 5.63. The molecule has 0 saturated carbocycles. The van der Waals surface area contributed by atoms with E-state index in [0.29, 0.717) is 6.42 Å². The monoisotopic (exact) mass is 248 g/mol. The lowest BCUT2D eigenvalue weighted by Gasteiger charge is -2.18. The van der Waals surface area contributed by atoms with Gasteiger partial charge in [0.1, 0.15) is 6.54 Å². The smallest absolute Gasteiger partial charge is 0.323 e. The zero-order valence-electron chi connectivity index (χ0n) is 10.1. The van der Waals surface area contributed by atoms with Crippen molar-refractivity contribution in [3.63, 3.8) is 0 Å². The number of amides is 1. The highest BCUT2D eigenvalue weighted by atomic mass is 16.4. The van der Waals surface area contributed by atoms with Crippen LogP contribution in [-0.4, -0.2) is 40.0 Å². The average molecular weight is 248 g/mol. The molecule has 1 heterocycles. The van der Waals surface area contributed by atoms with Gasteiger partial charge in [-0.1, -0.05) is 12.1 Å². The summed E-state index contributed by atoms with van der Waals surface area (Å²) in [6, 6.07) is 3.69. The van der Waals surface area contributed by atoms with Gasteiger partial charge in [-0.25, -0.2) is 0 Å². The van der Waals surface area contributed by atoms with Gasteiger partial charge in [0.05, 0.1) is 0 Å². The van der Waals surface area contributed by atoms with Gasteiger partial charge in [0.2, 0.25) is 5.91 Å². The first-order chi connectivity index (χ1) is 8.63. The van der Waals surface area contributed by atoms with Crippen molar-refractivity contribution in [2.45, 2.75) is 12.8 Å². The number of rotatable bonds is 7. The molecule has 0 bridgehead atoms. The third kappa shape index (κ3) is 4.78. The van der Waals surface area contributed by atoms with E-state index in [1.807, 2.05) is 6.07 Å². The summed E-state index contributed by atoms with van der Waals surface area (Å²) in [6.07, 6.45) is 5.71. The lowest BCUT2D eigenvalue weighted by Crippen LogP contribution is -2.35. The first-order valence-corrected chi connectivity index (χ1v) is 5.63. The zero-order chi connectivity index (χ0) is 13.4. The second-order valence-corrected chi connectivity index (χ2v) is 3.82. The van der Waals surface area contributed by atoms with E-state index in [0.717, 1.165) is 5.56 Å². The first kappa shape index (κ1) is 13.9. The highest BCUT2D eigenvalue weighted by molar-refractivity contribution is 5.81. The molecule has 1 aromatic rings. The minimum Gasteiger partial charge on any atom is -0.480 e. The van der Waals surface area contributed by atoms with Crippen LogP contribution < -0.4 is 0 Å². The van der Waals surface area contributed by atoms with Crippen LogP contribution in [0.3, 0.4) is 0 Å². The van der Waals surface area contributed by atoms with Crippen LogP contribution in [0.2, 0.25) is 0 Å². The van der Waals surface area contributed by atoms with Gasteiger partial charge >= 0.3 is 5.97 Å². The largest absolute Gasteiger partial charge is 0.480 e. The third-order valence-corrected chi connectivity index (χ3v) is 2.38. The molecule has 0 aliphatic heterocycles. The summed E-state index contributed by atoms with van der Waals surface area (Å²) in [7, 11) is 0. The SMILES string of the molecule is C=CCN(CC(=O)O)C(=O)CCc1cccnc1. The van der Waals surface area contributed by atoms with Crippen LogP contribution in [0.5, 0.6) is 0 Å². The van der Waals surface area contributed by atoms with Crippen molar-refractivity contribution in [3.05, 3.63) is 42.7 Å². The number of pyridine rings is 1. The highest BCUT2D eigenvalue weighted by Gasteiger charge is 2.14. The van der Waals surface area contributed by atoms with Crippen molar-refractivity contribution in [2.75, 3.05) is 13.1 Å². The number of aryl methyl sites for hydroxylation is 1. The summed E-state index contributed by atoms with van der Waals surface area (Å²) in [4.78, 5) is 27.7. The lowest BCUT2D eigenvalue weighted by atomic mass is 10.1. The molecule has 0 aliphatic rings. The maximum Gasteiger partial charge on any atom is 0.323 e. The topological polar surface area (TPSA) is 70.5 Å². The molecule has 0 aromatic carbocycles. The van der Waals surface area contributed by atoms with E-state index in [1.165, 1.54) is 11.0 Å². The second kappa shape index (κ2) is 7.21. The summed E-state index contributed by atoms with van der Waals surface area (Å²) in [6.45, 7) is 3.47. The van der Waals surface area contributed by atoms with Crippen LogP contribution in [0.1, 0.15) is 12.0 Å². The molecular weight excluding hydrogens is 232 g/mol. The molecule has 0 unspecified atom stereocenters. The van der Waals surface area contributed by atoms with Gasteiger partial charge in [0, 0.05) is 25.4 Å². The van der Waals surface area contributed by atoms with Crippen molar-refractivity contribution in [1.82, 2.24) is 9.88 Å². The second-order valence-electron chi connectivity index (χ2n) is 3.82. The predicted octanol–water partition coefficient (Wildman–Crippen LogP) is 1.11. The quantitative estimate of drug-likeness (QED) is 0.734. The minimum atomic E-state index is -1.02. The molecule has 0 saturated heterocycles. The van der Waals surface area contributed by atoms with Crippen molar-refractivity contribution in [1.29, 1.82) is 0 Å². The van der Waals surface area contributed by atoms with Crippen molar-refractivity contribution in [3.8, 4) is 0 Å². The molecule has 0 aliphatic carbocycles. The Bertz CT molecular complexity index is 418. The van der Waals surface area contributed by atoms with Gasteiger partial charge in [-0.05, 0) is 18.1 Å². The van der Waals surface area contributed by atoms with Crippen molar-refractivity contribution in [2.24, 2.45) is 0 Å². The standard InChI is InChI=1S/C13H16N2O3/c1-2-8-15(10-13(17)18)12(16)6-5-11-4-3-7-14-9-11/h2-4,7,9H,1,5-6,8,10H2,(H,17,18). The lowest BCUT2D eigenvalue weighted by molar-refractivity contribution is -0.144. The number of carboxylic acids is 1. The molecule has 0 radical (unpaired) electrons. The molecule has 0 atom stereocenters. The van der Waals surface area contributed by atoms with Crippen LogP contribution in [0, 0.1) is 0 Å². The highest BCUT2D eigenvalue weighted by Crippen LogP contribution is 2.03. The van der Waals surface area contributed by atoms with E-state index in [2.05, 4.69) is 11.6 Å². The number of hydrogen-bond acceptors (Lipinski definition) is 3. The molecule has 1 N–H and O–H groups in total. The van der Waals surface area contributed by atoms with Crippen LogP contribution in [0.25, 0.3) is 0 Å². The molecule has 1 rings (SSSR count). The van der Waals surface area contributed by atoms with Gasteiger partial charge in [-0.2, -0.15) is 0 Å². The number of carboxylic acid groups (broad SMARTS) is 1. The molecular formula is C13H16N2O3. The van der Waals surface area contributed by atoms with Crippen LogP contribution >= 0.6 is 0 Å². The Balaban J connectivity index is 2.51. The van der Waals surface area contributed by atoms with Crippen LogP contribution in [0.4, 0.5) is 0 Å². The van der Waals surface area contributed by atoms with E-state index in [4.69, 9.17) is 5.11 Å². The Hall–Kier alpha value is -2.17. The molecule has 18 heavy (non-hydrogen) atoms. The number of carbonyl (C=O) groups excluding carboxylic acids is 1. The van der Waals surface area contributed by atoms with Crippen LogP contribution in [0.15, 0.2) is 37.2 Å². The van der Waals surface area contributed by atoms with Gasteiger partial charge in [0.15, 0.2) is 0 Å². The Morgan fingerprint density at radius 2 is 2.28 bits per heavy atom. The van der Waals surface area contributed by atoms with E-state index in [1.54, 1.807) is 18.5 Å². The van der Waals surface area contributed by atoms with Crippen molar-refractivity contribution < 1.29 is 14.7 Å². The predicted molar refractivity (Wildman–Crippen MR) is 67.0 cm³/mol.